The molecular formula is C10H15N3O6. The number of azide groups is 1. The SMILES string of the molecule is COC(=O)[C@@H]1C[C@H](N=[N+]=[N-])[C@@H](OC(C)=O)[C@H](OC)O1. The van der Waals surface area contributed by atoms with E-state index in [-0.39, 0.29) is 6.42 Å². The van der Waals surface area contributed by atoms with E-state index in [0.29, 0.717) is 0 Å². The fraction of sp³-hybridized carbons (Fsp3) is 0.800. The molecule has 0 N–H and O–H groups in total. The molecule has 1 aliphatic rings. The van der Waals surface area contributed by atoms with E-state index in [1.54, 1.807) is 0 Å². The monoisotopic (exact) mass is 273 g/mol. The molecule has 1 aliphatic heterocycles. The Labute approximate surface area is 109 Å². The minimum atomic E-state index is -1.00. The van der Waals surface area contributed by atoms with E-state index >= 15 is 0 Å². The van der Waals surface area contributed by atoms with Gasteiger partial charge in [0, 0.05) is 18.9 Å². The standard InChI is InChI=1S/C10H15N3O6/c1-5(14)18-8-6(12-13-11)4-7(9(15)16-2)19-10(8)17-3/h6-8,10H,4H2,1-3H3/t6-,7-,8+,10+/m0/s1. The molecule has 1 fully saturated rings. The Morgan fingerprint density at radius 3 is 2.58 bits per heavy atom. The average molecular weight is 273 g/mol. The zero-order valence-electron chi connectivity index (χ0n) is 10.8. The van der Waals surface area contributed by atoms with Gasteiger partial charge >= 0.3 is 11.9 Å². The molecule has 0 aromatic carbocycles. The number of carbonyl (C=O) groups is 2. The maximum atomic E-state index is 11.5. The fourth-order valence-electron chi connectivity index (χ4n) is 1.81. The van der Waals surface area contributed by atoms with Crippen molar-refractivity contribution >= 4 is 11.9 Å². The fourth-order valence-corrected chi connectivity index (χ4v) is 1.81. The lowest BCUT2D eigenvalue weighted by Crippen LogP contribution is -2.52. The Kier molecular flexibility index (Phi) is 5.56. The van der Waals surface area contributed by atoms with E-state index in [1.165, 1.54) is 21.1 Å². The maximum absolute atomic E-state index is 11.5. The maximum Gasteiger partial charge on any atom is 0.335 e. The quantitative estimate of drug-likeness (QED) is 0.319. The van der Waals surface area contributed by atoms with Gasteiger partial charge in [-0.3, -0.25) is 4.79 Å². The van der Waals surface area contributed by atoms with Crippen LogP contribution in [0.3, 0.4) is 0 Å². The van der Waals surface area contributed by atoms with Crippen LogP contribution in [0.5, 0.6) is 0 Å². The normalized spacial score (nSPS) is 30.1. The van der Waals surface area contributed by atoms with Crippen LogP contribution in [0.2, 0.25) is 0 Å². The summed E-state index contributed by atoms with van der Waals surface area (Å²) in [6.07, 6.45) is -2.79. The van der Waals surface area contributed by atoms with E-state index in [1.807, 2.05) is 0 Å². The van der Waals surface area contributed by atoms with Gasteiger partial charge in [-0.2, -0.15) is 0 Å². The van der Waals surface area contributed by atoms with Crippen molar-refractivity contribution in [1.29, 1.82) is 0 Å². The molecular weight excluding hydrogens is 258 g/mol. The van der Waals surface area contributed by atoms with Crippen LogP contribution in [-0.4, -0.2) is 50.7 Å². The van der Waals surface area contributed by atoms with Crippen LogP contribution in [0, 0.1) is 0 Å². The molecule has 0 saturated carbocycles. The van der Waals surface area contributed by atoms with Gasteiger partial charge in [0.25, 0.3) is 0 Å². The lowest BCUT2D eigenvalue weighted by Gasteiger charge is -2.37. The number of rotatable bonds is 4. The number of carbonyl (C=O) groups excluding carboxylic acids is 2. The van der Waals surface area contributed by atoms with E-state index in [2.05, 4.69) is 14.8 Å². The molecule has 9 heteroatoms. The highest BCUT2D eigenvalue weighted by Gasteiger charge is 2.43. The number of methoxy groups -OCH3 is 2. The Hall–Kier alpha value is -1.83. The van der Waals surface area contributed by atoms with Crippen LogP contribution in [0.15, 0.2) is 5.11 Å². The van der Waals surface area contributed by atoms with Crippen molar-refractivity contribution in [2.45, 2.75) is 37.9 Å². The summed E-state index contributed by atoms with van der Waals surface area (Å²) in [6, 6.07) is -0.767. The molecule has 4 atom stereocenters. The van der Waals surface area contributed by atoms with Crippen LogP contribution in [0.1, 0.15) is 13.3 Å². The summed E-state index contributed by atoms with van der Waals surface area (Å²) in [5, 5.41) is 3.52. The van der Waals surface area contributed by atoms with Crippen molar-refractivity contribution in [3.8, 4) is 0 Å². The van der Waals surface area contributed by atoms with Crippen LogP contribution in [0.4, 0.5) is 0 Å². The van der Waals surface area contributed by atoms with Gasteiger partial charge in [0.1, 0.15) is 0 Å². The second-order valence-electron chi connectivity index (χ2n) is 3.83. The molecule has 0 unspecified atom stereocenters. The summed E-state index contributed by atoms with van der Waals surface area (Å²) in [7, 11) is 2.54. The predicted octanol–water partition coefficient (Wildman–Crippen LogP) is 0.531. The Balaban J connectivity index is 2.93. The van der Waals surface area contributed by atoms with E-state index in [4.69, 9.17) is 19.7 Å². The Morgan fingerprint density at radius 1 is 1.42 bits per heavy atom. The lowest BCUT2D eigenvalue weighted by atomic mass is 10.00. The van der Waals surface area contributed by atoms with Crippen LogP contribution in [0.25, 0.3) is 10.4 Å². The lowest BCUT2D eigenvalue weighted by molar-refractivity contribution is -0.244. The molecule has 0 aromatic heterocycles. The number of hydrogen-bond donors (Lipinski definition) is 0. The molecule has 1 rings (SSSR count). The van der Waals surface area contributed by atoms with E-state index in [9.17, 15) is 9.59 Å². The molecule has 1 heterocycles. The average Bonchev–Trinajstić information content (AvgIpc) is 2.39. The van der Waals surface area contributed by atoms with Crippen molar-refractivity contribution in [1.82, 2.24) is 0 Å². The number of esters is 2. The van der Waals surface area contributed by atoms with Gasteiger partial charge in [0.2, 0.25) is 0 Å². The molecule has 0 aliphatic carbocycles. The molecule has 1 saturated heterocycles. The van der Waals surface area contributed by atoms with Gasteiger partial charge in [-0.05, 0) is 12.0 Å². The first-order valence-electron chi connectivity index (χ1n) is 5.51. The molecule has 106 valence electrons. The zero-order valence-corrected chi connectivity index (χ0v) is 10.8. The van der Waals surface area contributed by atoms with Crippen molar-refractivity contribution in [3.63, 3.8) is 0 Å². The summed E-state index contributed by atoms with van der Waals surface area (Å²) >= 11 is 0. The van der Waals surface area contributed by atoms with Crippen molar-refractivity contribution in [3.05, 3.63) is 10.4 Å². The van der Waals surface area contributed by atoms with Crippen LogP contribution >= 0.6 is 0 Å². The number of ether oxygens (including phenoxy) is 4. The summed E-state index contributed by atoms with van der Waals surface area (Å²) in [6.45, 7) is 1.21. The van der Waals surface area contributed by atoms with Gasteiger partial charge in [0.15, 0.2) is 18.5 Å². The summed E-state index contributed by atoms with van der Waals surface area (Å²) < 4.78 is 19.9. The van der Waals surface area contributed by atoms with Crippen LogP contribution < -0.4 is 0 Å². The minimum Gasteiger partial charge on any atom is -0.467 e. The summed E-state index contributed by atoms with van der Waals surface area (Å²) in [4.78, 5) is 25.2. The van der Waals surface area contributed by atoms with Gasteiger partial charge in [0.05, 0.1) is 13.2 Å². The summed E-state index contributed by atoms with van der Waals surface area (Å²) in [5.41, 5.74) is 8.53. The minimum absolute atomic E-state index is 0.0501. The molecule has 9 nitrogen and oxygen atoms in total. The van der Waals surface area contributed by atoms with Crippen LogP contribution in [-0.2, 0) is 28.5 Å². The Morgan fingerprint density at radius 2 is 2.11 bits per heavy atom. The van der Waals surface area contributed by atoms with Gasteiger partial charge in [-0.1, -0.05) is 5.11 Å². The smallest absolute Gasteiger partial charge is 0.335 e. The number of nitrogens with zero attached hydrogens (tertiary/aromatic N) is 3. The third-order valence-corrected chi connectivity index (χ3v) is 2.60. The first-order chi connectivity index (χ1) is 9.03. The highest BCUT2D eigenvalue weighted by Crippen LogP contribution is 2.26. The zero-order chi connectivity index (χ0) is 14.4. The molecule has 0 bridgehead atoms. The molecule has 0 aromatic rings. The highest BCUT2D eigenvalue weighted by molar-refractivity contribution is 5.74. The summed E-state index contributed by atoms with van der Waals surface area (Å²) in [5.74, 6) is -1.17. The first-order valence-corrected chi connectivity index (χ1v) is 5.51. The molecule has 0 amide bonds. The molecule has 0 spiro atoms. The van der Waals surface area contributed by atoms with E-state index in [0.717, 1.165) is 0 Å². The molecule has 0 radical (unpaired) electrons. The molecule has 19 heavy (non-hydrogen) atoms. The topological polar surface area (TPSA) is 120 Å². The second kappa shape index (κ2) is 6.93. The van der Waals surface area contributed by atoms with Gasteiger partial charge in [-0.15, -0.1) is 0 Å². The van der Waals surface area contributed by atoms with Gasteiger partial charge < -0.3 is 18.9 Å². The first kappa shape index (κ1) is 15.2. The predicted molar refractivity (Wildman–Crippen MR) is 60.8 cm³/mol. The highest BCUT2D eigenvalue weighted by atomic mass is 16.7. The van der Waals surface area contributed by atoms with Crippen molar-refractivity contribution in [2.24, 2.45) is 5.11 Å². The number of hydrogen-bond acceptors (Lipinski definition) is 7. The third kappa shape index (κ3) is 3.82. The second-order valence-corrected chi connectivity index (χ2v) is 3.83. The largest absolute Gasteiger partial charge is 0.467 e. The van der Waals surface area contributed by atoms with Crippen molar-refractivity contribution < 1.29 is 28.5 Å². The van der Waals surface area contributed by atoms with Gasteiger partial charge in [-0.25, -0.2) is 4.79 Å². The Bertz CT molecular complexity index is 395. The third-order valence-electron chi connectivity index (χ3n) is 2.60. The van der Waals surface area contributed by atoms with Crippen molar-refractivity contribution in [2.75, 3.05) is 14.2 Å². The van der Waals surface area contributed by atoms with E-state index < -0.39 is 36.5 Å².